The molecular formula is C23H26N4O3. The molecule has 0 radical (unpaired) electrons. The second-order valence-corrected chi connectivity index (χ2v) is 7.86. The van der Waals surface area contributed by atoms with Gasteiger partial charge in [-0.15, -0.1) is 0 Å². The van der Waals surface area contributed by atoms with E-state index in [0.717, 1.165) is 29.4 Å². The molecule has 30 heavy (non-hydrogen) atoms. The molecular weight excluding hydrogens is 380 g/mol. The third kappa shape index (κ3) is 3.36. The molecule has 7 nitrogen and oxygen atoms in total. The quantitative estimate of drug-likeness (QED) is 0.473. The van der Waals surface area contributed by atoms with Crippen LogP contribution in [0.4, 0.5) is 0 Å². The number of aromatic amines is 1. The van der Waals surface area contributed by atoms with Gasteiger partial charge in [0.25, 0.3) is 5.91 Å². The predicted molar refractivity (Wildman–Crippen MR) is 117 cm³/mol. The molecule has 156 valence electrons. The monoisotopic (exact) mass is 406 g/mol. The number of hydrogen-bond donors (Lipinski definition) is 4. The van der Waals surface area contributed by atoms with Crippen molar-refractivity contribution in [3.8, 4) is 22.6 Å². The first-order chi connectivity index (χ1) is 14.4. The van der Waals surface area contributed by atoms with E-state index in [-0.39, 0.29) is 17.4 Å². The number of carbonyl (C=O) groups excluding carboxylic acids is 1. The molecule has 1 amide bonds. The number of carbonyl (C=O) groups is 1. The Kier molecular flexibility index (Phi) is 5.32. The lowest BCUT2D eigenvalue weighted by Crippen LogP contribution is -2.25. The zero-order valence-electron chi connectivity index (χ0n) is 17.4. The Bertz CT molecular complexity index is 1260. The van der Waals surface area contributed by atoms with Gasteiger partial charge in [-0.25, -0.2) is 4.99 Å². The number of amides is 1. The molecule has 0 unspecified atom stereocenters. The summed E-state index contributed by atoms with van der Waals surface area (Å²) in [6, 6.07) is 7.12. The standard InChI is InChI=1S/C23H26N4O3/c1-24-10-8-16-20-18(26-23(16)30)7-5-15(22(20)29)14-4-6-17-19(21(14)28)13(12-25-17)9-11-27(2)3/h4-7,12,24-25,28-29H,8-11H2,1-3H3. The van der Waals surface area contributed by atoms with Gasteiger partial charge in [-0.05, 0) is 70.4 Å². The fourth-order valence-electron chi connectivity index (χ4n) is 3.99. The zero-order valence-corrected chi connectivity index (χ0v) is 17.4. The van der Waals surface area contributed by atoms with Crippen molar-refractivity contribution in [1.82, 2.24) is 15.2 Å². The first kappa shape index (κ1) is 20.1. The number of likely N-dealkylation sites (N-methyl/N-ethyl adjacent to an activating group) is 1. The summed E-state index contributed by atoms with van der Waals surface area (Å²) >= 11 is 0. The van der Waals surface area contributed by atoms with E-state index >= 15 is 0 Å². The van der Waals surface area contributed by atoms with Gasteiger partial charge < -0.3 is 25.4 Å². The van der Waals surface area contributed by atoms with E-state index < -0.39 is 0 Å². The third-order valence-electron chi connectivity index (χ3n) is 5.58. The van der Waals surface area contributed by atoms with Crippen molar-refractivity contribution in [2.75, 3.05) is 34.2 Å². The number of aromatic hydroxyl groups is 2. The predicted octanol–water partition coefficient (Wildman–Crippen LogP) is 1.27. The number of nitrogens with zero attached hydrogens (tertiary/aromatic N) is 2. The molecule has 1 aromatic heterocycles. The highest BCUT2D eigenvalue weighted by molar-refractivity contribution is 6.16. The molecule has 4 rings (SSSR count). The van der Waals surface area contributed by atoms with Crippen LogP contribution in [0.25, 0.3) is 27.6 Å². The summed E-state index contributed by atoms with van der Waals surface area (Å²) < 4.78 is 0. The maximum absolute atomic E-state index is 12.3. The van der Waals surface area contributed by atoms with E-state index in [1.54, 1.807) is 18.2 Å². The highest BCUT2D eigenvalue weighted by Crippen LogP contribution is 2.40. The SMILES string of the molecule is CNCCC1=c2c(O)c(-c3ccc4[nH]cc(CCN(C)C)c4c3O)ccc2=NC1=O. The Morgan fingerprint density at radius 3 is 2.53 bits per heavy atom. The number of hydrogen-bond acceptors (Lipinski definition) is 5. The Balaban J connectivity index is 1.88. The van der Waals surface area contributed by atoms with E-state index in [2.05, 4.69) is 20.2 Å². The fourth-order valence-corrected chi connectivity index (χ4v) is 3.99. The first-order valence-electron chi connectivity index (χ1n) is 10.0. The maximum atomic E-state index is 12.3. The topological polar surface area (TPSA) is 101 Å². The summed E-state index contributed by atoms with van der Waals surface area (Å²) in [5, 5.41) is 26.9. The maximum Gasteiger partial charge on any atom is 0.274 e. The van der Waals surface area contributed by atoms with Crippen LogP contribution in [0.3, 0.4) is 0 Å². The molecule has 7 heteroatoms. The van der Waals surface area contributed by atoms with Gasteiger partial charge in [0.1, 0.15) is 11.5 Å². The van der Waals surface area contributed by atoms with E-state index in [0.29, 0.717) is 40.2 Å². The molecule has 2 heterocycles. The molecule has 0 spiro atoms. The molecule has 1 aliphatic rings. The second kappa shape index (κ2) is 7.93. The van der Waals surface area contributed by atoms with Crippen LogP contribution in [-0.4, -0.2) is 60.2 Å². The molecule has 2 aromatic carbocycles. The minimum absolute atomic E-state index is 0.0202. The first-order valence-corrected chi connectivity index (χ1v) is 10.0. The second-order valence-electron chi connectivity index (χ2n) is 7.86. The lowest BCUT2D eigenvalue weighted by molar-refractivity contribution is -0.112. The van der Waals surface area contributed by atoms with Crippen molar-refractivity contribution in [2.24, 2.45) is 4.99 Å². The van der Waals surface area contributed by atoms with E-state index in [1.165, 1.54) is 0 Å². The van der Waals surface area contributed by atoms with Gasteiger partial charge in [0.2, 0.25) is 0 Å². The van der Waals surface area contributed by atoms with Gasteiger partial charge in [-0.1, -0.05) is 0 Å². The van der Waals surface area contributed by atoms with Gasteiger partial charge in [-0.2, -0.15) is 0 Å². The van der Waals surface area contributed by atoms with Crippen LogP contribution < -0.4 is 15.9 Å². The highest BCUT2D eigenvalue weighted by atomic mass is 16.3. The average molecular weight is 406 g/mol. The minimum Gasteiger partial charge on any atom is -0.507 e. The molecule has 0 aliphatic carbocycles. The minimum atomic E-state index is -0.316. The van der Waals surface area contributed by atoms with E-state index in [9.17, 15) is 15.0 Å². The number of H-pyrrole nitrogens is 1. The van der Waals surface area contributed by atoms with Gasteiger partial charge in [0, 0.05) is 40.3 Å². The van der Waals surface area contributed by atoms with Crippen LogP contribution in [0.15, 0.2) is 35.5 Å². The summed E-state index contributed by atoms with van der Waals surface area (Å²) in [4.78, 5) is 21.7. The molecule has 0 saturated heterocycles. The number of benzene rings is 2. The van der Waals surface area contributed by atoms with E-state index in [1.807, 2.05) is 33.4 Å². The van der Waals surface area contributed by atoms with Crippen LogP contribution in [0.1, 0.15) is 12.0 Å². The Morgan fingerprint density at radius 1 is 1.07 bits per heavy atom. The van der Waals surface area contributed by atoms with E-state index in [4.69, 9.17) is 0 Å². The third-order valence-corrected chi connectivity index (χ3v) is 5.58. The molecule has 3 aromatic rings. The molecule has 0 bridgehead atoms. The normalized spacial score (nSPS) is 13.3. The number of nitrogens with one attached hydrogen (secondary N) is 2. The number of phenols is 2. The Labute approximate surface area is 174 Å². The zero-order chi connectivity index (χ0) is 21.4. The van der Waals surface area contributed by atoms with Crippen LogP contribution in [0, 0.1) is 0 Å². The van der Waals surface area contributed by atoms with Crippen molar-refractivity contribution in [1.29, 1.82) is 0 Å². The van der Waals surface area contributed by atoms with Crippen LogP contribution in [0.2, 0.25) is 0 Å². The van der Waals surface area contributed by atoms with Gasteiger partial charge >= 0.3 is 0 Å². The molecule has 4 N–H and O–H groups in total. The molecule has 0 saturated carbocycles. The van der Waals surface area contributed by atoms with Gasteiger partial charge in [0.05, 0.1) is 10.6 Å². The summed E-state index contributed by atoms with van der Waals surface area (Å²) in [7, 11) is 5.83. The molecule has 0 atom stereocenters. The van der Waals surface area contributed by atoms with Crippen molar-refractivity contribution >= 4 is 22.4 Å². The lowest BCUT2D eigenvalue weighted by Gasteiger charge is -2.11. The largest absolute Gasteiger partial charge is 0.507 e. The number of phenolic OH excluding ortho intramolecular Hbond substituents is 2. The summed E-state index contributed by atoms with van der Waals surface area (Å²) in [6.45, 7) is 1.46. The van der Waals surface area contributed by atoms with Crippen LogP contribution in [-0.2, 0) is 11.2 Å². The summed E-state index contributed by atoms with van der Waals surface area (Å²) in [6.07, 6.45) is 3.18. The fraction of sp³-hybridized carbons (Fsp3) is 0.304. The van der Waals surface area contributed by atoms with Crippen molar-refractivity contribution in [3.63, 3.8) is 0 Å². The Hall–Kier alpha value is -3.16. The number of rotatable bonds is 7. The smallest absolute Gasteiger partial charge is 0.274 e. The lowest BCUT2D eigenvalue weighted by atomic mass is 9.97. The molecule has 1 aliphatic heterocycles. The van der Waals surface area contributed by atoms with Crippen molar-refractivity contribution in [3.05, 3.63) is 46.6 Å². The average Bonchev–Trinajstić information content (AvgIpc) is 3.27. The van der Waals surface area contributed by atoms with Crippen molar-refractivity contribution in [2.45, 2.75) is 12.8 Å². The summed E-state index contributed by atoms with van der Waals surface area (Å²) in [5.74, 6) is -0.215. The molecule has 0 fully saturated rings. The van der Waals surface area contributed by atoms with Crippen LogP contribution in [0.5, 0.6) is 11.5 Å². The summed E-state index contributed by atoms with van der Waals surface area (Å²) in [5.41, 5.74) is 3.37. The van der Waals surface area contributed by atoms with Crippen molar-refractivity contribution < 1.29 is 15.0 Å². The number of aromatic nitrogens is 1. The van der Waals surface area contributed by atoms with Gasteiger partial charge in [-0.3, -0.25) is 4.79 Å². The highest BCUT2D eigenvalue weighted by Gasteiger charge is 2.22. The number of fused-ring (bicyclic) bond motifs is 2. The van der Waals surface area contributed by atoms with Crippen LogP contribution >= 0.6 is 0 Å². The Morgan fingerprint density at radius 2 is 1.80 bits per heavy atom. The van der Waals surface area contributed by atoms with Gasteiger partial charge in [0.15, 0.2) is 0 Å².